The van der Waals surface area contributed by atoms with Crippen LogP contribution in [0.2, 0.25) is 5.02 Å². The van der Waals surface area contributed by atoms with Crippen LogP contribution in [0.3, 0.4) is 0 Å². The van der Waals surface area contributed by atoms with Crippen LogP contribution in [0.15, 0.2) is 18.2 Å². The average molecular weight is 257 g/mol. The summed E-state index contributed by atoms with van der Waals surface area (Å²) in [6.07, 6.45) is -0.0796. The summed E-state index contributed by atoms with van der Waals surface area (Å²) in [5.74, 6) is 2.91. The van der Waals surface area contributed by atoms with Gasteiger partial charge in [0.1, 0.15) is 0 Å². The topological polar surface area (TPSA) is 18.5 Å². The van der Waals surface area contributed by atoms with Crippen LogP contribution in [-0.2, 0) is 9.47 Å². The van der Waals surface area contributed by atoms with Gasteiger partial charge in [-0.25, -0.2) is 0 Å². The molecule has 0 spiro atoms. The van der Waals surface area contributed by atoms with Crippen LogP contribution in [0, 0.1) is 11.2 Å². The molecular weight excluding hydrogens is 244 g/mol. The number of hydrogen-bond acceptors (Lipinski definition) is 3. The second-order valence-electron chi connectivity index (χ2n) is 3.18. The van der Waals surface area contributed by atoms with E-state index in [0.29, 0.717) is 18.2 Å². The molecule has 1 aliphatic heterocycles. The van der Waals surface area contributed by atoms with Crippen molar-refractivity contribution in [2.75, 3.05) is 19.4 Å². The Balaban J connectivity index is 2.14. The Kier molecular flexibility index (Phi) is 3.67. The minimum absolute atomic E-state index is 0.229. The summed E-state index contributed by atoms with van der Waals surface area (Å²) in [7, 11) is 0. The van der Waals surface area contributed by atoms with Gasteiger partial charge in [-0.1, -0.05) is 35.3 Å². The Hall–Kier alpha value is -0.660. The minimum Gasteiger partial charge on any atom is -0.346 e. The van der Waals surface area contributed by atoms with Crippen molar-refractivity contribution >= 4 is 23.4 Å². The van der Waals surface area contributed by atoms with Crippen LogP contribution in [-0.4, -0.2) is 19.4 Å². The third-order valence-corrected chi connectivity index (χ3v) is 2.70. The van der Waals surface area contributed by atoms with Gasteiger partial charge in [-0.15, -0.1) is 0 Å². The Morgan fingerprint density at radius 3 is 3.00 bits per heavy atom. The molecule has 0 bridgehead atoms. The number of ether oxygens (including phenoxy) is 2. The van der Waals surface area contributed by atoms with Gasteiger partial charge in [-0.3, -0.25) is 0 Å². The molecule has 0 aliphatic carbocycles. The van der Waals surface area contributed by atoms with Gasteiger partial charge < -0.3 is 9.47 Å². The van der Waals surface area contributed by atoms with E-state index in [1.165, 1.54) is 11.8 Å². The van der Waals surface area contributed by atoms with Gasteiger partial charge in [-0.2, -0.15) is 0 Å². The zero-order chi connectivity index (χ0) is 12.1. The third kappa shape index (κ3) is 2.72. The molecule has 0 saturated carbocycles. The first-order valence-electron chi connectivity index (χ1n) is 5.46. The minimum atomic E-state index is -0.308. The summed E-state index contributed by atoms with van der Waals surface area (Å²) in [5, 5.41) is 3.40. The smallest absolute Gasteiger partial charge is 0.184 e. The monoisotopic (exact) mass is 256 g/mol. The van der Waals surface area contributed by atoms with Crippen molar-refractivity contribution in [2.45, 2.75) is 6.29 Å². The number of hydrogen-bond donors (Lipinski definition) is 0. The molecule has 0 amide bonds. The zero-order valence-corrected chi connectivity index (χ0v) is 10.1. The van der Waals surface area contributed by atoms with Gasteiger partial charge in [0.25, 0.3) is 0 Å². The van der Waals surface area contributed by atoms with Crippen molar-refractivity contribution in [3.8, 4) is 11.2 Å². The summed E-state index contributed by atoms with van der Waals surface area (Å²) in [6.45, 7) is 1.23. The fourth-order valence-electron chi connectivity index (χ4n) is 1.42. The normalized spacial score (nSPS) is 16.7. The fraction of sp³-hybridized carbons (Fsp3) is 0.333. The van der Waals surface area contributed by atoms with Gasteiger partial charge in [0.2, 0.25) is 0 Å². The molecular formula is C12H11ClO2S. The van der Waals surface area contributed by atoms with E-state index in [0.717, 1.165) is 11.1 Å². The van der Waals surface area contributed by atoms with Crippen molar-refractivity contribution in [3.63, 3.8) is 0 Å². The highest BCUT2D eigenvalue weighted by Gasteiger charge is 2.18. The van der Waals surface area contributed by atoms with Crippen LogP contribution in [0.1, 0.15) is 18.8 Å². The van der Waals surface area contributed by atoms with E-state index in [4.69, 9.17) is 22.4 Å². The summed E-state index contributed by atoms with van der Waals surface area (Å²) in [4.78, 5) is 0. The molecule has 16 heavy (non-hydrogen) atoms. The zero-order valence-electron chi connectivity index (χ0n) is 9.53. The number of rotatable bonds is 1. The molecule has 4 heteroatoms. The van der Waals surface area contributed by atoms with Crippen LogP contribution >= 0.6 is 23.4 Å². The lowest BCUT2D eigenvalue weighted by atomic mass is 10.1. The SMILES string of the molecule is [3H]CSC#Cc1ccc(C2OCCO2)cc1Cl. The Labute approximate surface area is 106 Å². The van der Waals surface area contributed by atoms with Crippen LogP contribution in [0.25, 0.3) is 0 Å². The number of benzene rings is 1. The molecule has 1 heterocycles. The molecule has 1 saturated heterocycles. The Bertz CT molecular complexity index is 450. The second-order valence-corrected chi connectivity index (χ2v) is 4.08. The van der Waals surface area contributed by atoms with Crippen LogP contribution in [0.5, 0.6) is 0 Å². The molecule has 0 radical (unpaired) electrons. The molecule has 1 fully saturated rings. The van der Waals surface area contributed by atoms with Crippen molar-refractivity contribution in [1.29, 1.82) is 0 Å². The number of halogens is 1. The Morgan fingerprint density at radius 2 is 2.31 bits per heavy atom. The standard InChI is InChI=1S/C12H11ClO2S/c1-16-7-4-9-2-3-10(8-11(9)13)12-14-5-6-15-12/h2-3,8,12H,5-6H2,1H3/i1T. The van der Waals surface area contributed by atoms with E-state index in [9.17, 15) is 0 Å². The van der Waals surface area contributed by atoms with E-state index in [2.05, 4.69) is 11.2 Å². The highest BCUT2D eigenvalue weighted by atomic mass is 35.5. The van der Waals surface area contributed by atoms with Gasteiger partial charge >= 0.3 is 0 Å². The lowest BCUT2D eigenvalue weighted by Crippen LogP contribution is -1.98. The van der Waals surface area contributed by atoms with Crippen LogP contribution in [0.4, 0.5) is 0 Å². The molecule has 84 valence electrons. The maximum absolute atomic E-state index is 6.96. The summed E-state index contributed by atoms with van der Waals surface area (Å²) < 4.78 is 17.7. The highest BCUT2D eigenvalue weighted by molar-refractivity contribution is 8.03. The van der Waals surface area contributed by atoms with Gasteiger partial charge in [0, 0.05) is 12.5 Å². The molecule has 0 atom stereocenters. The highest BCUT2D eigenvalue weighted by Crippen LogP contribution is 2.27. The molecule has 0 unspecified atom stereocenters. The van der Waals surface area contributed by atoms with E-state index in [1.807, 2.05) is 18.2 Å². The Morgan fingerprint density at radius 1 is 1.50 bits per heavy atom. The van der Waals surface area contributed by atoms with Crippen LogP contribution < -0.4 is 0 Å². The van der Waals surface area contributed by atoms with Gasteiger partial charge in [0.05, 0.1) is 18.2 Å². The maximum atomic E-state index is 6.96. The van der Waals surface area contributed by atoms with Gasteiger partial charge in [-0.05, 0) is 23.6 Å². The predicted molar refractivity (Wildman–Crippen MR) is 66.5 cm³/mol. The maximum Gasteiger partial charge on any atom is 0.184 e. The van der Waals surface area contributed by atoms with E-state index in [-0.39, 0.29) is 12.5 Å². The molecule has 0 aromatic heterocycles. The first kappa shape index (κ1) is 10.5. The molecule has 2 rings (SSSR count). The predicted octanol–water partition coefficient (Wildman–Crippen LogP) is 3.06. The summed E-state index contributed by atoms with van der Waals surface area (Å²) in [6, 6.07) is 5.56. The van der Waals surface area contributed by atoms with E-state index >= 15 is 0 Å². The first-order chi connectivity index (χ1) is 8.31. The van der Waals surface area contributed by atoms with Crippen molar-refractivity contribution in [3.05, 3.63) is 34.3 Å². The molecule has 1 aliphatic rings. The molecule has 1 aromatic rings. The lowest BCUT2D eigenvalue weighted by molar-refractivity contribution is -0.0441. The third-order valence-electron chi connectivity index (χ3n) is 2.14. The van der Waals surface area contributed by atoms with E-state index in [1.54, 1.807) is 0 Å². The molecule has 0 N–H and O–H groups in total. The fourth-order valence-corrected chi connectivity index (χ4v) is 1.84. The van der Waals surface area contributed by atoms with Gasteiger partial charge in [0.15, 0.2) is 6.29 Å². The largest absolute Gasteiger partial charge is 0.346 e. The molecule has 2 nitrogen and oxygen atoms in total. The van der Waals surface area contributed by atoms with Crippen molar-refractivity contribution in [2.24, 2.45) is 0 Å². The summed E-state index contributed by atoms with van der Waals surface area (Å²) >= 11 is 7.36. The number of thioether (sulfide) groups is 1. The van der Waals surface area contributed by atoms with E-state index < -0.39 is 0 Å². The lowest BCUT2D eigenvalue weighted by Gasteiger charge is -2.09. The molecule has 1 aromatic carbocycles. The average Bonchev–Trinajstić information content (AvgIpc) is 2.85. The van der Waals surface area contributed by atoms with Crippen molar-refractivity contribution < 1.29 is 10.8 Å². The first-order valence-corrected chi connectivity index (χ1v) is 6.12. The second kappa shape index (κ2) is 5.60. The van der Waals surface area contributed by atoms with Crippen molar-refractivity contribution in [1.82, 2.24) is 0 Å². The summed E-state index contributed by atoms with van der Waals surface area (Å²) in [5.41, 5.74) is 1.67. The quantitative estimate of drug-likeness (QED) is 0.720.